The van der Waals surface area contributed by atoms with Crippen LogP contribution in [0.25, 0.3) is 5.52 Å². The fraction of sp³-hybridized carbons (Fsp3) is 0.133. The zero-order valence-corrected chi connectivity index (χ0v) is 11.4. The van der Waals surface area contributed by atoms with Crippen LogP contribution in [0.4, 0.5) is 4.39 Å². The number of pyridine rings is 1. The molecule has 1 aromatic carbocycles. The molecule has 0 radical (unpaired) electrons. The smallest absolute Gasteiger partial charge is 0.127 e. The molecule has 3 aromatic rings. The molecular formula is C15H13ClFN3. The number of rotatable bonds is 3. The zero-order chi connectivity index (χ0) is 14.1. The van der Waals surface area contributed by atoms with Gasteiger partial charge in [-0.1, -0.05) is 23.7 Å². The summed E-state index contributed by atoms with van der Waals surface area (Å²) in [4.78, 5) is 0. The Morgan fingerprint density at radius 2 is 2.10 bits per heavy atom. The minimum absolute atomic E-state index is 0.329. The van der Waals surface area contributed by atoms with Gasteiger partial charge in [-0.3, -0.25) is 0 Å². The summed E-state index contributed by atoms with van der Waals surface area (Å²) in [7, 11) is 0. The van der Waals surface area contributed by atoms with Gasteiger partial charge in [0.15, 0.2) is 0 Å². The molecule has 0 aliphatic carbocycles. The van der Waals surface area contributed by atoms with Gasteiger partial charge in [0, 0.05) is 28.4 Å². The van der Waals surface area contributed by atoms with Gasteiger partial charge in [0.2, 0.25) is 0 Å². The van der Waals surface area contributed by atoms with Gasteiger partial charge < -0.3 is 5.73 Å². The highest BCUT2D eigenvalue weighted by atomic mass is 35.5. The quantitative estimate of drug-likeness (QED) is 0.803. The number of aromatic nitrogens is 2. The van der Waals surface area contributed by atoms with Crippen molar-refractivity contribution in [1.82, 2.24) is 9.61 Å². The highest BCUT2D eigenvalue weighted by Gasteiger charge is 2.16. The molecule has 20 heavy (non-hydrogen) atoms. The van der Waals surface area contributed by atoms with Crippen molar-refractivity contribution in [2.45, 2.75) is 12.5 Å². The van der Waals surface area contributed by atoms with Gasteiger partial charge in [0.1, 0.15) is 5.82 Å². The lowest BCUT2D eigenvalue weighted by atomic mass is 10.0. The van der Waals surface area contributed by atoms with Crippen LogP contribution < -0.4 is 5.73 Å². The van der Waals surface area contributed by atoms with E-state index in [2.05, 4.69) is 5.10 Å². The van der Waals surface area contributed by atoms with Crippen molar-refractivity contribution in [2.24, 2.45) is 5.73 Å². The molecule has 2 aromatic heterocycles. The number of benzene rings is 1. The van der Waals surface area contributed by atoms with Crippen LogP contribution in [0, 0.1) is 5.82 Å². The molecule has 0 saturated carbocycles. The summed E-state index contributed by atoms with van der Waals surface area (Å²) in [5.41, 5.74) is 8.44. The van der Waals surface area contributed by atoms with Gasteiger partial charge >= 0.3 is 0 Å². The first-order valence-corrected chi connectivity index (χ1v) is 6.65. The summed E-state index contributed by atoms with van der Waals surface area (Å²) < 4.78 is 15.6. The zero-order valence-electron chi connectivity index (χ0n) is 10.6. The highest BCUT2D eigenvalue weighted by Crippen LogP contribution is 2.26. The van der Waals surface area contributed by atoms with E-state index in [1.165, 1.54) is 6.07 Å². The number of nitrogens with zero attached hydrogens (tertiary/aromatic N) is 2. The minimum Gasteiger partial charge on any atom is -0.324 e. The first-order chi connectivity index (χ1) is 9.66. The second kappa shape index (κ2) is 5.23. The Morgan fingerprint density at radius 3 is 2.90 bits per heavy atom. The molecular weight excluding hydrogens is 277 g/mol. The molecule has 2 heterocycles. The van der Waals surface area contributed by atoms with Crippen LogP contribution in [-0.4, -0.2) is 9.61 Å². The Labute approximate surface area is 120 Å². The van der Waals surface area contributed by atoms with E-state index in [1.807, 2.05) is 24.4 Å². The molecule has 0 fully saturated rings. The van der Waals surface area contributed by atoms with Crippen molar-refractivity contribution < 1.29 is 4.39 Å². The molecule has 1 atom stereocenters. The summed E-state index contributed by atoms with van der Waals surface area (Å²) in [6.07, 6.45) is 3.90. The fourth-order valence-electron chi connectivity index (χ4n) is 2.30. The predicted octanol–water partition coefficient (Wildman–Crippen LogP) is 3.37. The monoisotopic (exact) mass is 289 g/mol. The lowest BCUT2D eigenvalue weighted by Crippen LogP contribution is -2.14. The average Bonchev–Trinajstić information content (AvgIpc) is 2.87. The second-order valence-corrected chi connectivity index (χ2v) is 5.05. The largest absolute Gasteiger partial charge is 0.324 e. The van der Waals surface area contributed by atoms with E-state index in [0.29, 0.717) is 17.0 Å². The van der Waals surface area contributed by atoms with Crippen molar-refractivity contribution in [2.75, 3.05) is 0 Å². The van der Waals surface area contributed by atoms with Gasteiger partial charge in [-0.25, -0.2) is 8.91 Å². The molecule has 2 N–H and O–H groups in total. The average molecular weight is 290 g/mol. The minimum atomic E-state index is -0.357. The van der Waals surface area contributed by atoms with Gasteiger partial charge in [0.05, 0.1) is 11.7 Å². The number of hydrogen-bond donors (Lipinski definition) is 1. The summed E-state index contributed by atoms with van der Waals surface area (Å²) in [5, 5.41) is 4.64. The number of halogens is 2. The number of hydrogen-bond acceptors (Lipinski definition) is 2. The van der Waals surface area contributed by atoms with Gasteiger partial charge in [-0.2, -0.15) is 5.10 Å². The lowest BCUT2D eigenvalue weighted by Gasteiger charge is -2.12. The van der Waals surface area contributed by atoms with Gasteiger partial charge in [0.25, 0.3) is 0 Å². The maximum Gasteiger partial charge on any atom is 0.127 e. The molecule has 0 spiro atoms. The van der Waals surface area contributed by atoms with Crippen LogP contribution in [0.1, 0.15) is 17.2 Å². The Hall–Kier alpha value is -1.91. The molecule has 0 aliphatic rings. The van der Waals surface area contributed by atoms with Gasteiger partial charge in [-0.05, 0) is 30.7 Å². The summed E-state index contributed by atoms with van der Waals surface area (Å²) in [6.45, 7) is 0. The van der Waals surface area contributed by atoms with Crippen LogP contribution in [0.2, 0.25) is 5.02 Å². The third-order valence-electron chi connectivity index (χ3n) is 3.34. The molecule has 3 rings (SSSR count). The summed E-state index contributed by atoms with van der Waals surface area (Å²) >= 11 is 6.04. The highest BCUT2D eigenvalue weighted by molar-refractivity contribution is 6.31. The maximum atomic E-state index is 13.8. The standard InChI is InChI=1S/C15H13ClFN3/c16-12-4-3-5-13(17)10(12)8-14(18)11-9-19-20-7-2-1-6-15(11)20/h1-7,9,14H,8,18H2. The second-order valence-electron chi connectivity index (χ2n) is 4.64. The molecule has 1 unspecified atom stereocenters. The third kappa shape index (κ3) is 2.28. The Balaban J connectivity index is 1.95. The van der Waals surface area contributed by atoms with Crippen molar-refractivity contribution in [1.29, 1.82) is 0 Å². The first-order valence-electron chi connectivity index (χ1n) is 6.27. The van der Waals surface area contributed by atoms with Crippen molar-refractivity contribution in [3.8, 4) is 0 Å². The van der Waals surface area contributed by atoms with E-state index in [0.717, 1.165) is 11.1 Å². The number of fused-ring (bicyclic) bond motifs is 1. The molecule has 102 valence electrons. The van der Waals surface area contributed by atoms with Crippen LogP contribution in [0.15, 0.2) is 48.8 Å². The van der Waals surface area contributed by atoms with E-state index in [4.69, 9.17) is 17.3 Å². The van der Waals surface area contributed by atoms with Crippen molar-refractivity contribution >= 4 is 17.1 Å². The van der Waals surface area contributed by atoms with Crippen molar-refractivity contribution in [3.05, 3.63) is 70.8 Å². The third-order valence-corrected chi connectivity index (χ3v) is 3.70. The SMILES string of the molecule is NC(Cc1c(F)cccc1Cl)c1cnn2ccccc12. The van der Waals surface area contributed by atoms with E-state index >= 15 is 0 Å². The van der Waals surface area contributed by atoms with E-state index in [9.17, 15) is 4.39 Å². The van der Waals surface area contributed by atoms with Crippen molar-refractivity contribution in [3.63, 3.8) is 0 Å². The van der Waals surface area contributed by atoms with E-state index in [-0.39, 0.29) is 11.9 Å². The Kier molecular flexibility index (Phi) is 3.42. The molecule has 0 amide bonds. The van der Waals surface area contributed by atoms with Crippen LogP contribution in [0.3, 0.4) is 0 Å². The predicted molar refractivity (Wildman–Crippen MR) is 77.2 cm³/mol. The van der Waals surface area contributed by atoms with Crippen LogP contribution in [0.5, 0.6) is 0 Å². The fourth-order valence-corrected chi connectivity index (χ4v) is 2.54. The molecule has 0 aliphatic heterocycles. The summed E-state index contributed by atoms with van der Waals surface area (Å²) in [6, 6.07) is 10.0. The first kappa shape index (κ1) is 13.1. The molecule has 5 heteroatoms. The normalized spacial score (nSPS) is 12.8. The molecule has 0 bridgehead atoms. The number of nitrogens with two attached hydrogens (primary N) is 1. The Bertz CT molecular complexity index is 733. The maximum absolute atomic E-state index is 13.8. The van der Waals surface area contributed by atoms with E-state index < -0.39 is 0 Å². The summed E-state index contributed by atoms with van der Waals surface area (Å²) in [5.74, 6) is -0.329. The molecule has 3 nitrogen and oxygen atoms in total. The van der Waals surface area contributed by atoms with Crippen LogP contribution in [-0.2, 0) is 6.42 Å². The van der Waals surface area contributed by atoms with Crippen LogP contribution >= 0.6 is 11.6 Å². The molecule has 0 saturated heterocycles. The lowest BCUT2D eigenvalue weighted by molar-refractivity contribution is 0.594. The van der Waals surface area contributed by atoms with Gasteiger partial charge in [-0.15, -0.1) is 0 Å². The Morgan fingerprint density at radius 1 is 1.25 bits per heavy atom. The topological polar surface area (TPSA) is 43.3 Å². The van der Waals surface area contributed by atoms with E-state index in [1.54, 1.807) is 22.8 Å².